The summed E-state index contributed by atoms with van der Waals surface area (Å²) in [6, 6.07) is 3.90. The Kier molecular flexibility index (Phi) is 12.2. The van der Waals surface area contributed by atoms with E-state index in [1.807, 2.05) is 0 Å². The lowest BCUT2D eigenvalue weighted by atomic mass is 9.85. The number of imide groups is 2. The molecule has 1 saturated heterocycles. The predicted octanol–water partition coefficient (Wildman–Crippen LogP) is 1.95. The Labute approximate surface area is 233 Å². The van der Waals surface area contributed by atoms with Gasteiger partial charge in [0.2, 0.25) is 17.7 Å². The van der Waals surface area contributed by atoms with Crippen LogP contribution in [0.1, 0.15) is 50.5 Å². The number of barbiturate groups is 1. The average molecular weight is 575 g/mol. The van der Waals surface area contributed by atoms with Gasteiger partial charge in [-0.1, -0.05) is 29.4 Å². The number of hydrogen-bond donors (Lipinski definition) is 5. The molecule has 2 rings (SSSR count). The van der Waals surface area contributed by atoms with Gasteiger partial charge in [-0.2, -0.15) is 0 Å². The van der Waals surface area contributed by atoms with Crippen LogP contribution in [0.2, 0.25) is 0 Å². The fourth-order valence-corrected chi connectivity index (χ4v) is 4.34. The predicted molar refractivity (Wildman–Crippen MR) is 138 cm³/mol. The summed E-state index contributed by atoms with van der Waals surface area (Å²) in [5.74, 6) is -11.1. The molecule has 1 aliphatic rings. The molecule has 0 saturated carbocycles. The summed E-state index contributed by atoms with van der Waals surface area (Å²) >= 11 is 0. The summed E-state index contributed by atoms with van der Waals surface area (Å²) in [6.07, 6.45) is 0.400. The van der Waals surface area contributed by atoms with Crippen molar-refractivity contribution in [1.29, 1.82) is 0 Å². The third-order valence-electron chi connectivity index (χ3n) is 6.41. The van der Waals surface area contributed by atoms with Gasteiger partial charge in [0.15, 0.2) is 0 Å². The minimum absolute atomic E-state index is 0.159. The number of amides is 5. The highest BCUT2D eigenvalue weighted by atomic mass is 16.4. The van der Waals surface area contributed by atoms with E-state index in [0.717, 1.165) is 5.56 Å². The van der Waals surface area contributed by atoms with Crippen LogP contribution in [0.25, 0.3) is 10.4 Å². The zero-order valence-corrected chi connectivity index (χ0v) is 21.9. The van der Waals surface area contributed by atoms with Crippen molar-refractivity contribution in [3.63, 3.8) is 0 Å². The van der Waals surface area contributed by atoms with Gasteiger partial charge in [0.05, 0.1) is 5.92 Å². The summed E-state index contributed by atoms with van der Waals surface area (Å²) in [4.78, 5) is 87.3. The zero-order chi connectivity index (χ0) is 30.5. The fourth-order valence-electron chi connectivity index (χ4n) is 4.34. The van der Waals surface area contributed by atoms with E-state index >= 15 is 0 Å². The number of azide groups is 1. The number of carbonyl (C=O) groups is 7. The van der Waals surface area contributed by atoms with Gasteiger partial charge < -0.3 is 20.6 Å². The monoisotopic (exact) mass is 574 g/mol. The van der Waals surface area contributed by atoms with Crippen LogP contribution < -0.4 is 10.6 Å². The Morgan fingerprint density at radius 2 is 1.66 bits per heavy atom. The first-order chi connectivity index (χ1) is 19.5. The summed E-state index contributed by atoms with van der Waals surface area (Å²) in [7, 11) is 0. The second-order valence-corrected chi connectivity index (χ2v) is 9.27. The van der Waals surface area contributed by atoms with Crippen molar-refractivity contribution < 1.29 is 48.9 Å². The van der Waals surface area contributed by atoms with Gasteiger partial charge in [0.25, 0.3) is 0 Å². The molecule has 1 heterocycles. The highest BCUT2D eigenvalue weighted by Gasteiger charge is 2.50. The van der Waals surface area contributed by atoms with Crippen LogP contribution >= 0.6 is 0 Å². The van der Waals surface area contributed by atoms with Crippen molar-refractivity contribution in [1.82, 2.24) is 15.5 Å². The fraction of sp³-hybridized carbons (Fsp3) is 0.480. The van der Waals surface area contributed by atoms with Crippen molar-refractivity contribution in [2.24, 2.45) is 17.0 Å². The second-order valence-electron chi connectivity index (χ2n) is 9.27. The second kappa shape index (κ2) is 15.6. The topological polar surface area (TPSA) is 256 Å². The van der Waals surface area contributed by atoms with Gasteiger partial charge in [-0.05, 0) is 49.6 Å². The maximum atomic E-state index is 13.0. The summed E-state index contributed by atoms with van der Waals surface area (Å²) in [5, 5.41) is 36.0. The molecule has 41 heavy (non-hydrogen) atoms. The minimum atomic E-state index is -1.98. The summed E-state index contributed by atoms with van der Waals surface area (Å²) in [6.45, 7) is 0.198. The quantitative estimate of drug-likeness (QED) is 0.0593. The summed E-state index contributed by atoms with van der Waals surface area (Å²) in [5.41, 5.74) is 9.87. The highest BCUT2D eigenvalue weighted by Crippen LogP contribution is 2.27. The standard InChI is InChI=1S/C25H30N6O10/c26-30-29-15-9-7-14(8-10-15)4-3-6-18(32)27-13-2-1-5-17(24(39)40)31-22(36)20(21(35)28-25(31)41)16(23(37)38)11-12-19(33)34/h7-10,16-17,20H,1-6,11-13H2,(H,27,32)(H,33,34)(H,37,38)(H,39,40)(H,28,35,41)/t16-,17-,20?/m0/s1. The van der Waals surface area contributed by atoms with Gasteiger partial charge in [0.1, 0.15) is 12.0 Å². The Bertz CT molecular complexity index is 1230. The van der Waals surface area contributed by atoms with Gasteiger partial charge in [-0.3, -0.25) is 29.3 Å². The van der Waals surface area contributed by atoms with Crippen LogP contribution in [0.5, 0.6) is 0 Å². The number of benzene rings is 1. The van der Waals surface area contributed by atoms with E-state index in [9.17, 15) is 43.8 Å². The van der Waals surface area contributed by atoms with E-state index in [0.29, 0.717) is 29.8 Å². The number of unbranched alkanes of at least 4 members (excludes halogenated alkanes) is 1. The molecule has 16 heteroatoms. The number of nitrogens with zero attached hydrogens (tertiary/aromatic N) is 4. The SMILES string of the molecule is [N-]=[N+]=Nc1ccc(CCCC(=O)NCCCC[C@@H](C(=O)O)N2C(=O)NC(=O)C([C@H](CCC(=O)O)C(=O)O)C2=O)cc1. The minimum Gasteiger partial charge on any atom is -0.481 e. The van der Waals surface area contributed by atoms with Crippen LogP contribution in [0, 0.1) is 11.8 Å². The number of carboxylic acids is 3. The number of carbonyl (C=O) groups excluding carboxylic acids is 4. The molecule has 0 aliphatic carbocycles. The van der Waals surface area contributed by atoms with E-state index in [1.54, 1.807) is 29.6 Å². The van der Waals surface area contributed by atoms with Crippen LogP contribution in [-0.4, -0.2) is 74.5 Å². The van der Waals surface area contributed by atoms with Crippen molar-refractivity contribution in [2.45, 2.75) is 57.4 Å². The number of nitrogens with one attached hydrogen (secondary N) is 2. The van der Waals surface area contributed by atoms with Crippen LogP contribution in [0.15, 0.2) is 29.4 Å². The number of hydrogen-bond acceptors (Lipinski definition) is 8. The molecule has 220 valence electrons. The Morgan fingerprint density at radius 3 is 2.24 bits per heavy atom. The third kappa shape index (κ3) is 9.61. The molecular formula is C25H30N6O10. The Morgan fingerprint density at radius 1 is 0.976 bits per heavy atom. The first-order valence-electron chi connectivity index (χ1n) is 12.7. The van der Waals surface area contributed by atoms with E-state index in [4.69, 9.17) is 10.6 Å². The zero-order valence-electron chi connectivity index (χ0n) is 21.9. The average Bonchev–Trinajstić information content (AvgIpc) is 2.89. The lowest BCUT2D eigenvalue weighted by Crippen LogP contribution is -2.64. The van der Waals surface area contributed by atoms with Gasteiger partial charge in [-0.15, -0.1) is 0 Å². The Hall–Kier alpha value is -4.98. The molecule has 1 unspecified atom stereocenters. The first kappa shape index (κ1) is 32.2. The molecule has 1 fully saturated rings. The number of carboxylic acid groups (broad SMARTS) is 3. The third-order valence-corrected chi connectivity index (χ3v) is 6.41. The molecule has 16 nitrogen and oxygen atoms in total. The van der Waals surface area contributed by atoms with Crippen molar-refractivity contribution >= 4 is 47.3 Å². The molecule has 1 aromatic carbocycles. The molecule has 1 aliphatic heterocycles. The normalized spacial score (nSPS) is 16.2. The van der Waals surface area contributed by atoms with Crippen LogP contribution in [0.3, 0.4) is 0 Å². The molecule has 0 spiro atoms. The molecule has 0 radical (unpaired) electrons. The number of aryl methyl sites for hydroxylation is 1. The highest BCUT2D eigenvalue weighted by molar-refractivity contribution is 6.18. The first-order valence-corrected chi connectivity index (χ1v) is 12.7. The molecule has 1 aromatic rings. The molecule has 0 aromatic heterocycles. The Balaban J connectivity index is 1.87. The summed E-state index contributed by atoms with van der Waals surface area (Å²) < 4.78 is 0. The lowest BCUT2D eigenvalue weighted by molar-refractivity contribution is -0.160. The maximum Gasteiger partial charge on any atom is 0.331 e. The molecule has 0 bridgehead atoms. The number of aliphatic carboxylic acids is 3. The molecule has 5 N–H and O–H groups in total. The van der Waals surface area contributed by atoms with Gasteiger partial charge >= 0.3 is 23.9 Å². The van der Waals surface area contributed by atoms with E-state index in [1.165, 1.54) is 0 Å². The molecule has 3 atom stereocenters. The lowest BCUT2D eigenvalue weighted by Gasteiger charge is -2.35. The van der Waals surface area contributed by atoms with Crippen molar-refractivity contribution in [2.75, 3.05) is 6.54 Å². The number of urea groups is 1. The van der Waals surface area contributed by atoms with Crippen molar-refractivity contribution in [3.05, 3.63) is 40.3 Å². The van der Waals surface area contributed by atoms with Crippen LogP contribution in [0.4, 0.5) is 10.5 Å². The van der Waals surface area contributed by atoms with Gasteiger partial charge in [0, 0.05) is 30.0 Å². The van der Waals surface area contributed by atoms with Crippen molar-refractivity contribution in [3.8, 4) is 0 Å². The van der Waals surface area contributed by atoms with E-state index < -0.39 is 66.5 Å². The van der Waals surface area contributed by atoms with E-state index in [-0.39, 0.29) is 31.7 Å². The smallest absolute Gasteiger partial charge is 0.331 e. The number of rotatable bonds is 17. The maximum absolute atomic E-state index is 13.0. The van der Waals surface area contributed by atoms with E-state index in [2.05, 4.69) is 15.3 Å². The largest absolute Gasteiger partial charge is 0.481 e. The van der Waals surface area contributed by atoms with Crippen LogP contribution in [-0.2, 0) is 35.2 Å². The molecule has 5 amide bonds. The molecular weight excluding hydrogens is 544 g/mol. The van der Waals surface area contributed by atoms with Gasteiger partial charge in [-0.25, -0.2) is 14.5 Å².